The lowest BCUT2D eigenvalue weighted by Gasteiger charge is -1.99. The Hall–Kier alpha value is -1.55. The molecule has 0 bridgehead atoms. The summed E-state index contributed by atoms with van der Waals surface area (Å²) in [7, 11) is 1.65. The number of aromatic carboxylic acids is 1. The fraction of sp³-hybridized carbons (Fsp3) is 0.111. The number of fused-ring (bicyclic) bond motifs is 1. The van der Waals surface area contributed by atoms with Crippen LogP contribution in [0.1, 0.15) is 10.5 Å². The minimum atomic E-state index is -0.985. The van der Waals surface area contributed by atoms with Crippen molar-refractivity contribution < 1.29 is 9.90 Å². The zero-order valence-electron chi connectivity index (χ0n) is 7.36. The molecular formula is C9H7ClN2O2. The molecule has 0 spiro atoms. The molecule has 0 radical (unpaired) electrons. The van der Waals surface area contributed by atoms with E-state index in [4.69, 9.17) is 16.7 Å². The predicted molar refractivity (Wildman–Crippen MR) is 52.7 cm³/mol. The molecule has 0 atom stereocenters. The first kappa shape index (κ1) is 9.02. The topological polar surface area (TPSA) is 55.1 Å². The fourth-order valence-corrected chi connectivity index (χ4v) is 1.72. The molecule has 4 nitrogen and oxygen atoms in total. The van der Waals surface area contributed by atoms with Crippen LogP contribution < -0.4 is 0 Å². The van der Waals surface area contributed by atoms with Gasteiger partial charge in [-0.05, 0) is 12.1 Å². The van der Waals surface area contributed by atoms with Crippen molar-refractivity contribution in [1.29, 1.82) is 0 Å². The monoisotopic (exact) mass is 210 g/mol. The molecule has 0 saturated heterocycles. The highest BCUT2D eigenvalue weighted by atomic mass is 35.5. The molecule has 0 aromatic carbocycles. The van der Waals surface area contributed by atoms with Gasteiger partial charge in [0.1, 0.15) is 5.69 Å². The van der Waals surface area contributed by atoms with Gasteiger partial charge < -0.3 is 9.67 Å². The van der Waals surface area contributed by atoms with Crippen molar-refractivity contribution in [2.24, 2.45) is 7.05 Å². The summed E-state index contributed by atoms with van der Waals surface area (Å²) < 4.78 is 1.52. The highest BCUT2D eigenvalue weighted by Crippen LogP contribution is 2.23. The van der Waals surface area contributed by atoms with Gasteiger partial charge in [-0.2, -0.15) is 0 Å². The summed E-state index contributed by atoms with van der Waals surface area (Å²) in [6, 6.07) is 3.14. The Balaban J connectivity index is 2.87. The predicted octanol–water partition coefficient (Wildman–Crippen LogP) is 1.92. The molecule has 0 saturated carbocycles. The molecular weight excluding hydrogens is 204 g/mol. The standard InChI is InChI=1S/C9H7ClN2O2/c1-12-7(9(13)14)4-6-8(12)5(10)2-3-11-6/h2-4H,1H3,(H,13,14). The fourth-order valence-electron chi connectivity index (χ4n) is 1.44. The number of carbonyl (C=O) groups is 1. The van der Waals surface area contributed by atoms with E-state index in [1.165, 1.54) is 10.6 Å². The Morgan fingerprint density at radius 3 is 2.93 bits per heavy atom. The first-order valence-corrected chi connectivity index (χ1v) is 4.32. The van der Waals surface area contributed by atoms with E-state index in [1.807, 2.05) is 0 Å². The normalized spacial score (nSPS) is 10.7. The molecule has 0 aliphatic carbocycles. The van der Waals surface area contributed by atoms with Gasteiger partial charge in [-0.1, -0.05) is 11.6 Å². The number of nitrogens with zero attached hydrogens (tertiary/aromatic N) is 2. The molecule has 5 heteroatoms. The molecule has 0 unspecified atom stereocenters. The van der Waals surface area contributed by atoms with Crippen molar-refractivity contribution in [2.45, 2.75) is 0 Å². The summed E-state index contributed by atoms with van der Waals surface area (Å²) in [5.41, 5.74) is 1.42. The number of halogens is 1. The van der Waals surface area contributed by atoms with Gasteiger partial charge in [0.15, 0.2) is 0 Å². The van der Waals surface area contributed by atoms with Gasteiger partial charge in [-0.3, -0.25) is 4.98 Å². The molecule has 72 valence electrons. The average molecular weight is 211 g/mol. The van der Waals surface area contributed by atoms with Crippen molar-refractivity contribution in [3.63, 3.8) is 0 Å². The first-order chi connectivity index (χ1) is 6.61. The maximum Gasteiger partial charge on any atom is 0.352 e. The highest BCUT2D eigenvalue weighted by Gasteiger charge is 2.14. The van der Waals surface area contributed by atoms with Gasteiger partial charge >= 0.3 is 5.97 Å². The molecule has 14 heavy (non-hydrogen) atoms. The minimum absolute atomic E-state index is 0.181. The Kier molecular flexibility index (Phi) is 1.93. The van der Waals surface area contributed by atoms with Gasteiger partial charge in [0.25, 0.3) is 0 Å². The van der Waals surface area contributed by atoms with Gasteiger partial charge in [0.2, 0.25) is 0 Å². The second-order valence-electron chi connectivity index (χ2n) is 2.92. The van der Waals surface area contributed by atoms with Crippen LogP contribution in [-0.2, 0) is 7.05 Å². The molecule has 2 heterocycles. The van der Waals surface area contributed by atoms with Gasteiger partial charge in [-0.25, -0.2) is 4.79 Å². The van der Waals surface area contributed by atoms with Crippen LogP contribution in [0.2, 0.25) is 5.02 Å². The maximum absolute atomic E-state index is 10.8. The van der Waals surface area contributed by atoms with Crippen LogP contribution >= 0.6 is 11.6 Å². The molecule has 0 amide bonds. The van der Waals surface area contributed by atoms with Crippen molar-refractivity contribution in [3.05, 3.63) is 29.0 Å². The van der Waals surface area contributed by atoms with E-state index in [2.05, 4.69) is 4.98 Å². The van der Waals surface area contributed by atoms with Crippen LogP contribution in [0.5, 0.6) is 0 Å². The Labute approximate surface area is 84.7 Å². The van der Waals surface area contributed by atoms with Gasteiger partial charge in [0.05, 0.1) is 16.1 Å². The van der Waals surface area contributed by atoms with E-state index < -0.39 is 5.97 Å². The van der Waals surface area contributed by atoms with Crippen molar-refractivity contribution in [1.82, 2.24) is 9.55 Å². The molecule has 2 rings (SSSR count). The summed E-state index contributed by atoms with van der Waals surface area (Å²) in [4.78, 5) is 14.8. The third kappa shape index (κ3) is 1.15. The largest absolute Gasteiger partial charge is 0.477 e. The lowest BCUT2D eigenvalue weighted by molar-refractivity contribution is 0.0687. The smallest absolute Gasteiger partial charge is 0.352 e. The van der Waals surface area contributed by atoms with Crippen LogP contribution in [0.25, 0.3) is 11.0 Å². The zero-order chi connectivity index (χ0) is 10.3. The van der Waals surface area contributed by atoms with E-state index in [0.717, 1.165) is 0 Å². The number of aryl methyl sites for hydroxylation is 1. The third-order valence-electron chi connectivity index (χ3n) is 2.09. The summed E-state index contributed by atoms with van der Waals surface area (Å²) in [6.45, 7) is 0. The second-order valence-corrected chi connectivity index (χ2v) is 3.33. The van der Waals surface area contributed by atoms with Crippen LogP contribution in [0.15, 0.2) is 18.3 Å². The average Bonchev–Trinajstić information content (AvgIpc) is 2.45. The zero-order valence-corrected chi connectivity index (χ0v) is 8.12. The van der Waals surface area contributed by atoms with Gasteiger partial charge in [0, 0.05) is 13.2 Å². The van der Waals surface area contributed by atoms with E-state index >= 15 is 0 Å². The third-order valence-corrected chi connectivity index (χ3v) is 2.40. The SMILES string of the molecule is Cn1c(C(=O)O)cc2nccc(Cl)c21. The first-order valence-electron chi connectivity index (χ1n) is 3.94. The molecule has 2 aromatic rings. The van der Waals surface area contributed by atoms with Crippen molar-refractivity contribution >= 4 is 28.6 Å². The number of carboxylic acid groups (broad SMARTS) is 1. The molecule has 0 fully saturated rings. The number of hydrogen-bond donors (Lipinski definition) is 1. The maximum atomic E-state index is 10.8. The number of pyridine rings is 1. The lowest BCUT2D eigenvalue weighted by Crippen LogP contribution is -2.03. The van der Waals surface area contributed by atoms with Crippen LogP contribution in [-0.4, -0.2) is 20.6 Å². The second kappa shape index (κ2) is 2.99. The lowest BCUT2D eigenvalue weighted by atomic mass is 10.4. The number of carboxylic acids is 1. The van der Waals surface area contributed by atoms with E-state index in [1.54, 1.807) is 19.3 Å². The van der Waals surface area contributed by atoms with Crippen LogP contribution in [0, 0.1) is 0 Å². The molecule has 0 aliphatic heterocycles. The van der Waals surface area contributed by atoms with Crippen molar-refractivity contribution in [3.8, 4) is 0 Å². The quantitative estimate of drug-likeness (QED) is 0.783. The highest BCUT2D eigenvalue weighted by molar-refractivity contribution is 6.35. The number of hydrogen-bond acceptors (Lipinski definition) is 2. The Bertz CT molecular complexity index is 519. The number of rotatable bonds is 1. The van der Waals surface area contributed by atoms with E-state index in [9.17, 15) is 4.79 Å². The molecule has 2 aromatic heterocycles. The van der Waals surface area contributed by atoms with E-state index in [-0.39, 0.29) is 5.69 Å². The molecule has 0 aliphatic rings. The van der Waals surface area contributed by atoms with Gasteiger partial charge in [-0.15, -0.1) is 0 Å². The number of aromatic nitrogens is 2. The van der Waals surface area contributed by atoms with Crippen LogP contribution in [0.4, 0.5) is 0 Å². The van der Waals surface area contributed by atoms with Crippen LogP contribution in [0.3, 0.4) is 0 Å². The summed E-state index contributed by atoms with van der Waals surface area (Å²) in [5.74, 6) is -0.985. The minimum Gasteiger partial charge on any atom is -0.477 e. The summed E-state index contributed by atoms with van der Waals surface area (Å²) >= 11 is 5.93. The summed E-state index contributed by atoms with van der Waals surface area (Å²) in [6.07, 6.45) is 1.55. The van der Waals surface area contributed by atoms with E-state index in [0.29, 0.717) is 16.1 Å². The Morgan fingerprint density at radius 2 is 2.36 bits per heavy atom. The van der Waals surface area contributed by atoms with Crippen molar-refractivity contribution in [2.75, 3.05) is 0 Å². The molecule has 1 N–H and O–H groups in total. The summed E-state index contributed by atoms with van der Waals surface area (Å²) in [5, 5.41) is 9.37. The Morgan fingerprint density at radius 1 is 1.64 bits per heavy atom.